The van der Waals surface area contributed by atoms with E-state index in [1.165, 1.54) is 6.07 Å². The van der Waals surface area contributed by atoms with Crippen LogP contribution in [0.2, 0.25) is 0 Å². The maximum Gasteiger partial charge on any atom is 0.274 e. The minimum Gasteiger partial charge on any atom is -0.378 e. The summed E-state index contributed by atoms with van der Waals surface area (Å²) in [6.45, 7) is 1.88. The zero-order valence-corrected chi connectivity index (χ0v) is 11.0. The summed E-state index contributed by atoms with van der Waals surface area (Å²) in [6, 6.07) is 13.9. The van der Waals surface area contributed by atoms with Gasteiger partial charge < -0.3 is 5.32 Å². The van der Waals surface area contributed by atoms with Crippen LogP contribution in [-0.4, -0.2) is 4.92 Å². The first-order chi connectivity index (χ1) is 9.61. The first-order valence-electron chi connectivity index (χ1n) is 6.18. The highest BCUT2D eigenvalue weighted by Crippen LogP contribution is 2.27. The van der Waals surface area contributed by atoms with Gasteiger partial charge in [0.25, 0.3) is 5.69 Å². The summed E-state index contributed by atoms with van der Waals surface area (Å²) < 4.78 is 0. The zero-order valence-electron chi connectivity index (χ0n) is 11.0. The molecule has 4 nitrogen and oxygen atoms in total. The third kappa shape index (κ3) is 2.96. The van der Waals surface area contributed by atoms with E-state index in [1.54, 1.807) is 18.2 Å². The standard InChI is InChI=1S/C16H14N2O2/c1-3-13-7-6-8-14(11-13)17-12(2)15-9-4-5-10-16(15)18(19)20/h1,4-12,17H,2H3. The van der Waals surface area contributed by atoms with Crippen molar-refractivity contribution in [3.63, 3.8) is 0 Å². The van der Waals surface area contributed by atoms with Crippen molar-refractivity contribution in [2.24, 2.45) is 0 Å². The Hall–Kier alpha value is -2.80. The highest BCUT2D eigenvalue weighted by atomic mass is 16.6. The van der Waals surface area contributed by atoms with Crippen molar-refractivity contribution in [1.82, 2.24) is 0 Å². The van der Waals surface area contributed by atoms with Crippen LogP contribution in [0, 0.1) is 22.5 Å². The number of nitrogens with zero attached hydrogens (tertiary/aromatic N) is 1. The third-order valence-electron chi connectivity index (χ3n) is 3.01. The molecule has 100 valence electrons. The molecular formula is C16H14N2O2. The Morgan fingerprint density at radius 1 is 1.25 bits per heavy atom. The van der Waals surface area contributed by atoms with Gasteiger partial charge in [-0.2, -0.15) is 0 Å². The zero-order chi connectivity index (χ0) is 14.5. The number of nitrogens with one attached hydrogen (secondary N) is 1. The molecule has 0 amide bonds. The van der Waals surface area contributed by atoms with Gasteiger partial charge in [-0.25, -0.2) is 0 Å². The van der Waals surface area contributed by atoms with Gasteiger partial charge in [-0.1, -0.05) is 30.2 Å². The lowest BCUT2D eigenvalue weighted by Crippen LogP contribution is -2.09. The van der Waals surface area contributed by atoms with Gasteiger partial charge in [0.05, 0.1) is 16.5 Å². The fraction of sp³-hybridized carbons (Fsp3) is 0.125. The molecule has 2 aromatic rings. The van der Waals surface area contributed by atoms with Crippen molar-refractivity contribution in [2.75, 3.05) is 5.32 Å². The maximum absolute atomic E-state index is 11.0. The number of rotatable bonds is 4. The predicted molar refractivity (Wildman–Crippen MR) is 79.5 cm³/mol. The fourth-order valence-corrected chi connectivity index (χ4v) is 2.05. The molecular weight excluding hydrogens is 252 g/mol. The largest absolute Gasteiger partial charge is 0.378 e. The Morgan fingerprint density at radius 3 is 2.70 bits per heavy atom. The molecule has 0 fully saturated rings. The van der Waals surface area contributed by atoms with Gasteiger partial charge in [0.1, 0.15) is 0 Å². The molecule has 0 aliphatic heterocycles. The average molecular weight is 266 g/mol. The van der Waals surface area contributed by atoms with Crippen LogP contribution in [-0.2, 0) is 0 Å². The Morgan fingerprint density at radius 2 is 2.00 bits per heavy atom. The Balaban J connectivity index is 2.26. The minimum absolute atomic E-state index is 0.112. The molecule has 20 heavy (non-hydrogen) atoms. The van der Waals surface area contributed by atoms with Crippen molar-refractivity contribution in [3.05, 3.63) is 69.8 Å². The molecule has 0 saturated carbocycles. The number of benzene rings is 2. The summed E-state index contributed by atoms with van der Waals surface area (Å²) in [5.41, 5.74) is 2.36. The van der Waals surface area contributed by atoms with Gasteiger partial charge in [0, 0.05) is 17.3 Å². The number of terminal acetylenes is 1. The third-order valence-corrected chi connectivity index (χ3v) is 3.01. The first-order valence-corrected chi connectivity index (χ1v) is 6.18. The molecule has 2 rings (SSSR count). The normalized spacial score (nSPS) is 11.4. The van der Waals surface area contributed by atoms with Crippen LogP contribution in [0.15, 0.2) is 48.5 Å². The van der Waals surface area contributed by atoms with E-state index < -0.39 is 0 Å². The molecule has 0 heterocycles. The summed E-state index contributed by atoms with van der Waals surface area (Å²) in [5, 5.41) is 14.3. The lowest BCUT2D eigenvalue weighted by molar-refractivity contribution is -0.385. The van der Waals surface area contributed by atoms with Gasteiger partial charge >= 0.3 is 0 Å². The second kappa shape index (κ2) is 5.89. The number of nitro benzene ring substituents is 1. The monoisotopic (exact) mass is 266 g/mol. The van der Waals surface area contributed by atoms with E-state index in [0.717, 1.165) is 11.3 Å². The van der Waals surface area contributed by atoms with Crippen molar-refractivity contribution < 1.29 is 4.92 Å². The highest BCUT2D eigenvalue weighted by Gasteiger charge is 2.17. The second-order valence-corrected chi connectivity index (χ2v) is 4.41. The summed E-state index contributed by atoms with van der Waals surface area (Å²) in [6.07, 6.45) is 5.36. The second-order valence-electron chi connectivity index (χ2n) is 4.41. The van der Waals surface area contributed by atoms with E-state index in [-0.39, 0.29) is 16.7 Å². The molecule has 1 N–H and O–H groups in total. The number of nitro groups is 1. The van der Waals surface area contributed by atoms with E-state index in [1.807, 2.05) is 31.2 Å². The van der Waals surface area contributed by atoms with Gasteiger partial charge in [-0.15, -0.1) is 6.42 Å². The van der Waals surface area contributed by atoms with Crippen LogP contribution in [0.4, 0.5) is 11.4 Å². The molecule has 1 atom stereocenters. The van der Waals surface area contributed by atoms with Crippen LogP contribution < -0.4 is 5.32 Å². The molecule has 4 heteroatoms. The van der Waals surface area contributed by atoms with Gasteiger partial charge in [-0.05, 0) is 25.1 Å². The number of para-hydroxylation sites is 1. The summed E-state index contributed by atoms with van der Waals surface area (Å²) in [5.74, 6) is 2.56. The summed E-state index contributed by atoms with van der Waals surface area (Å²) in [7, 11) is 0. The molecule has 2 aromatic carbocycles. The highest BCUT2D eigenvalue weighted by molar-refractivity contribution is 5.53. The number of hydrogen-bond acceptors (Lipinski definition) is 3. The molecule has 1 unspecified atom stereocenters. The van der Waals surface area contributed by atoms with Gasteiger partial charge in [0.15, 0.2) is 0 Å². The van der Waals surface area contributed by atoms with E-state index in [2.05, 4.69) is 11.2 Å². The average Bonchev–Trinajstić information content (AvgIpc) is 2.47. The SMILES string of the molecule is C#Cc1cccc(NC(C)c2ccccc2[N+](=O)[O-])c1. The maximum atomic E-state index is 11.0. The topological polar surface area (TPSA) is 55.2 Å². The van der Waals surface area contributed by atoms with E-state index >= 15 is 0 Å². The summed E-state index contributed by atoms with van der Waals surface area (Å²) >= 11 is 0. The quantitative estimate of drug-likeness (QED) is 0.521. The van der Waals surface area contributed by atoms with Crippen LogP contribution in [0.3, 0.4) is 0 Å². The van der Waals surface area contributed by atoms with Crippen molar-refractivity contribution in [1.29, 1.82) is 0 Å². The Bertz CT molecular complexity index is 674. The number of anilines is 1. The molecule has 0 radical (unpaired) electrons. The van der Waals surface area contributed by atoms with E-state index in [0.29, 0.717) is 5.56 Å². The number of hydrogen-bond donors (Lipinski definition) is 1. The van der Waals surface area contributed by atoms with Crippen LogP contribution in [0.5, 0.6) is 0 Å². The lowest BCUT2D eigenvalue weighted by atomic mass is 10.1. The Labute approximate surface area is 117 Å². The van der Waals surface area contributed by atoms with Crippen molar-refractivity contribution in [3.8, 4) is 12.3 Å². The molecule has 0 aliphatic rings. The minimum atomic E-state index is -0.370. The fourth-order valence-electron chi connectivity index (χ4n) is 2.05. The molecule has 0 spiro atoms. The van der Waals surface area contributed by atoms with Crippen LogP contribution in [0.1, 0.15) is 24.1 Å². The first kappa shape index (κ1) is 13.6. The lowest BCUT2D eigenvalue weighted by Gasteiger charge is -2.16. The molecule has 0 bridgehead atoms. The smallest absolute Gasteiger partial charge is 0.274 e. The molecule has 0 saturated heterocycles. The van der Waals surface area contributed by atoms with E-state index in [4.69, 9.17) is 6.42 Å². The molecule has 0 aromatic heterocycles. The van der Waals surface area contributed by atoms with Gasteiger partial charge in [-0.3, -0.25) is 10.1 Å². The van der Waals surface area contributed by atoms with Crippen molar-refractivity contribution >= 4 is 11.4 Å². The predicted octanol–water partition coefficient (Wildman–Crippen LogP) is 3.75. The Kier molecular flexibility index (Phi) is 4.02. The van der Waals surface area contributed by atoms with Crippen molar-refractivity contribution in [2.45, 2.75) is 13.0 Å². The van der Waals surface area contributed by atoms with E-state index in [9.17, 15) is 10.1 Å². The molecule has 0 aliphatic carbocycles. The van der Waals surface area contributed by atoms with Crippen LogP contribution >= 0.6 is 0 Å². The van der Waals surface area contributed by atoms with Crippen LogP contribution in [0.25, 0.3) is 0 Å². The summed E-state index contributed by atoms with van der Waals surface area (Å²) in [4.78, 5) is 10.7. The van der Waals surface area contributed by atoms with Gasteiger partial charge in [0.2, 0.25) is 0 Å².